The number of nitrogens with one attached hydrogen (secondary N) is 2. The van der Waals surface area contributed by atoms with Gasteiger partial charge in [0.05, 0.1) is 16.0 Å². The first-order chi connectivity index (χ1) is 13.8. The lowest BCUT2D eigenvalue weighted by Crippen LogP contribution is -2.48. The summed E-state index contributed by atoms with van der Waals surface area (Å²) in [7, 11) is -3.83. The van der Waals surface area contributed by atoms with Crippen molar-refractivity contribution in [3.8, 4) is 0 Å². The van der Waals surface area contributed by atoms with Crippen molar-refractivity contribution in [1.82, 2.24) is 14.9 Å². The van der Waals surface area contributed by atoms with E-state index in [-0.39, 0.29) is 33.9 Å². The van der Waals surface area contributed by atoms with E-state index in [1.165, 1.54) is 24.6 Å². The van der Waals surface area contributed by atoms with Crippen LogP contribution in [0.4, 0.5) is 0 Å². The zero-order chi connectivity index (χ0) is 20.6. The number of carbonyl (C=O) groups excluding carboxylic acids is 3. The molecule has 8 nitrogen and oxygen atoms in total. The van der Waals surface area contributed by atoms with E-state index < -0.39 is 21.8 Å². The molecule has 2 heterocycles. The largest absolute Gasteiger partial charge is 0.342 e. The summed E-state index contributed by atoms with van der Waals surface area (Å²) in [5, 5.41) is 2.15. The van der Waals surface area contributed by atoms with Gasteiger partial charge in [0.2, 0.25) is 15.9 Å². The predicted octanol–water partition coefficient (Wildman–Crippen LogP) is 1.42. The Morgan fingerprint density at radius 1 is 0.966 bits per heavy atom. The molecule has 2 N–H and O–H groups in total. The highest BCUT2D eigenvalue weighted by Crippen LogP contribution is 2.27. The molecule has 0 spiro atoms. The first-order valence-corrected chi connectivity index (χ1v) is 11.6. The molecule has 1 aliphatic carbocycles. The quantitative estimate of drug-likeness (QED) is 0.717. The second-order valence-corrected chi connectivity index (χ2v) is 9.76. The summed E-state index contributed by atoms with van der Waals surface area (Å²) in [6.07, 6.45) is 6.45. The monoisotopic (exact) mass is 419 g/mol. The number of fused-ring (bicyclic) bond motifs is 1. The van der Waals surface area contributed by atoms with Crippen LogP contribution in [0.5, 0.6) is 0 Å². The van der Waals surface area contributed by atoms with E-state index in [0.717, 1.165) is 25.7 Å². The Balaban J connectivity index is 1.38. The predicted molar refractivity (Wildman–Crippen MR) is 105 cm³/mol. The van der Waals surface area contributed by atoms with Gasteiger partial charge < -0.3 is 4.90 Å². The molecule has 0 radical (unpaired) electrons. The van der Waals surface area contributed by atoms with Gasteiger partial charge in [-0.3, -0.25) is 19.7 Å². The van der Waals surface area contributed by atoms with Crippen LogP contribution in [0, 0.1) is 5.92 Å². The van der Waals surface area contributed by atoms with E-state index in [1.807, 2.05) is 4.90 Å². The third-order valence-corrected chi connectivity index (χ3v) is 7.62. The van der Waals surface area contributed by atoms with Gasteiger partial charge in [-0.25, -0.2) is 13.1 Å². The third kappa shape index (κ3) is 4.06. The molecular weight excluding hydrogens is 394 g/mol. The summed E-state index contributed by atoms with van der Waals surface area (Å²) in [5.41, 5.74) is 0.259. The van der Waals surface area contributed by atoms with Crippen molar-refractivity contribution < 1.29 is 22.8 Å². The lowest BCUT2D eigenvalue weighted by atomic mass is 9.87. The van der Waals surface area contributed by atoms with Crippen LogP contribution in [0.3, 0.4) is 0 Å². The topological polar surface area (TPSA) is 113 Å². The second kappa shape index (κ2) is 7.87. The minimum Gasteiger partial charge on any atom is -0.342 e. The Morgan fingerprint density at radius 2 is 1.62 bits per heavy atom. The summed E-state index contributed by atoms with van der Waals surface area (Å²) in [5.74, 6) is -0.772. The molecule has 1 aromatic carbocycles. The van der Waals surface area contributed by atoms with Gasteiger partial charge in [0.1, 0.15) is 0 Å². The number of imide groups is 1. The van der Waals surface area contributed by atoms with E-state index in [2.05, 4.69) is 10.0 Å². The van der Waals surface area contributed by atoms with Crippen molar-refractivity contribution in [2.24, 2.45) is 5.92 Å². The number of nitrogens with zero attached hydrogens (tertiary/aromatic N) is 1. The van der Waals surface area contributed by atoms with Gasteiger partial charge in [0, 0.05) is 25.0 Å². The fraction of sp³-hybridized carbons (Fsp3) is 0.550. The number of benzene rings is 1. The summed E-state index contributed by atoms with van der Waals surface area (Å²) in [6, 6.07) is 3.66. The van der Waals surface area contributed by atoms with Gasteiger partial charge in [-0.05, 0) is 43.9 Å². The van der Waals surface area contributed by atoms with Crippen LogP contribution < -0.4 is 10.0 Å². The zero-order valence-corrected chi connectivity index (χ0v) is 17.0. The van der Waals surface area contributed by atoms with E-state index in [4.69, 9.17) is 0 Å². The number of piperidine rings is 1. The van der Waals surface area contributed by atoms with Gasteiger partial charge in [-0.2, -0.15) is 0 Å². The van der Waals surface area contributed by atoms with Crippen LogP contribution in [0.1, 0.15) is 65.7 Å². The number of hydrogen-bond acceptors (Lipinski definition) is 5. The van der Waals surface area contributed by atoms with Crippen molar-refractivity contribution >= 4 is 27.7 Å². The summed E-state index contributed by atoms with van der Waals surface area (Å²) < 4.78 is 28.2. The molecule has 0 aromatic heterocycles. The standard InChI is InChI=1S/C20H25N3O5S/c24-18-16-7-6-15(12-17(16)19(25)21-18)29(27,28)22-14-8-10-23(11-9-14)20(26)13-4-2-1-3-5-13/h6-7,12-14,22H,1-5,8-11H2,(H,21,24,25). The maximum atomic E-state index is 12.7. The first-order valence-electron chi connectivity index (χ1n) is 10.2. The van der Waals surface area contributed by atoms with Crippen LogP contribution in [0.2, 0.25) is 0 Å². The fourth-order valence-electron chi connectivity index (χ4n) is 4.43. The highest BCUT2D eigenvalue weighted by molar-refractivity contribution is 7.89. The average molecular weight is 420 g/mol. The number of amides is 3. The first kappa shape index (κ1) is 20.0. The summed E-state index contributed by atoms with van der Waals surface area (Å²) in [6.45, 7) is 1.09. The fourth-order valence-corrected chi connectivity index (χ4v) is 5.76. The lowest BCUT2D eigenvalue weighted by molar-refractivity contribution is -0.137. The Morgan fingerprint density at radius 3 is 2.31 bits per heavy atom. The summed E-state index contributed by atoms with van der Waals surface area (Å²) >= 11 is 0. The molecule has 1 aromatic rings. The molecule has 9 heteroatoms. The minimum atomic E-state index is -3.83. The lowest BCUT2D eigenvalue weighted by Gasteiger charge is -2.35. The second-order valence-electron chi connectivity index (χ2n) is 8.05. The van der Waals surface area contributed by atoms with Crippen molar-refractivity contribution in [3.05, 3.63) is 29.3 Å². The Labute approximate surface area is 170 Å². The number of rotatable bonds is 4. The van der Waals surface area contributed by atoms with Crippen LogP contribution >= 0.6 is 0 Å². The van der Waals surface area contributed by atoms with Crippen LogP contribution in [0.25, 0.3) is 0 Å². The molecule has 2 aliphatic heterocycles. The number of hydrogen-bond donors (Lipinski definition) is 2. The maximum absolute atomic E-state index is 12.7. The molecule has 0 atom stereocenters. The summed E-state index contributed by atoms with van der Waals surface area (Å²) in [4.78, 5) is 37.9. The molecule has 4 rings (SSSR count). The Bertz CT molecular complexity index is 945. The van der Waals surface area contributed by atoms with E-state index in [1.54, 1.807) is 0 Å². The van der Waals surface area contributed by atoms with Gasteiger partial charge in [0.25, 0.3) is 11.8 Å². The molecule has 1 saturated carbocycles. The number of carbonyl (C=O) groups is 3. The van der Waals surface area contributed by atoms with E-state index in [0.29, 0.717) is 25.9 Å². The number of sulfonamides is 1. The molecule has 156 valence electrons. The van der Waals surface area contributed by atoms with Crippen LogP contribution in [0.15, 0.2) is 23.1 Å². The smallest absolute Gasteiger partial charge is 0.258 e. The number of likely N-dealkylation sites (tertiary alicyclic amines) is 1. The Hall–Kier alpha value is -2.26. The highest BCUT2D eigenvalue weighted by Gasteiger charge is 2.32. The van der Waals surface area contributed by atoms with Crippen molar-refractivity contribution in [2.45, 2.75) is 55.9 Å². The molecule has 0 bridgehead atoms. The molecule has 1 saturated heterocycles. The SMILES string of the molecule is O=C1NC(=O)c2cc(S(=O)(=O)NC3CCN(C(=O)C4CCCCC4)CC3)ccc21. The van der Waals surface area contributed by atoms with Crippen molar-refractivity contribution in [1.29, 1.82) is 0 Å². The normalized spacial score (nSPS) is 21.2. The molecule has 3 aliphatic rings. The van der Waals surface area contributed by atoms with E-state index in [9.17, 15) is 22.8 Å². The molecule has 2 fully saturated rings. The van der Waals surface area contributed by atoms with Gasteiger partial charge in [0.15, 0.2) is 0 Å². The molecule has 3 amide bonds. The van der Waals surface area contributed by atoms with Gasteiger partial charge >= 0.3 is 0 Å². The van der Waals surface area contributed by atoms with Crippen molar-refractivity contribution in [2.75, 3.05) is 13.1 Å². The van der Waals surface area contributed by atoms with Gasteiger partial charge in [-0.15, -0.1) is 0 Å². The van der Waals surface area contributed by atoms with E-state index >= 15 is 0 Å². The Kier molecular flexibility index (Phi) is 5.44. The highest BCUT2D eigenvalue weighted by atomic mass is 32.2. The van der Waals surface area contributed by atoms with Crippen LogP contribution in [-0.2, 0) is 14.8 Å². The molecular formula is C20H25N3O5S. The van der Waals surface area contributed by atoms with Gasteiger partial charge in [-0.1, -0.05) is 19.3 Å². The maximum Gasteiger partial charge on any atom is 0.258 e. The van der Waals surface area contributed by atoms with Crippen LogP contribution in [-0.4, -0.2) is 50.2 Å². The minimum absolute atomic E-state index is 0.0400. The third-order valence-electron chi connectivity index (χ3n) is 6.10. The van der Waals surface area contributed by atoms with Crippen molar-refractivity contribution in [3.63, 3.8) is 0 Å². The average Bonchev–Trinajstić information content (AvgIpc) is 3.02. The molecule has 0 unspecified atom stereocenters. The molecule has 29 heavy (non-hydrogen) atoms. The zero-order valence-electron chi connectivity index (χ0n) is 16.1.